The lowest BCUT2D eigenvalue weighted by molar-refractivity contribution is 0.0859. The van der Waals surface area contributed by atoms with Crippen LogP contribution in [0.25, 0.3) is 11.2 Å². The largest absolute Gasteiger partial charge is 0.485 e. The third-order valence-corrected chi connectivity index (χ3v) is 3.20. The molecule has 1 unspecified atom stereocenters. The van der Waals surface area contributed by atoms with Crippen molar-refractivity contribution in [2.24, 2.45) is 0 Å². The summed E-state index contributed by atoms with van der Waals surface area (Å²) in [4.78, 5) is 11.8. The summed E-state index contributed by atoms with van der Waals surface area (Å²) in [5.74, 6) is 2.60. The van der Waals surface area contributed by atoms with Gasteiger partial charge in [0.1, 0.15) is 12.4 Å². The van der Waals surface area contributed by atoms with Gasteiger partial charge in [0.05, 0.1) is 5.52 Å². The number of aromatic nitrogens is 3. The maximum atomic E-state index is 5.90. The Morgan fingerprint density at radius 1 is 1.10 bits per heavy atom. The van der Waals surface area contributed by atoms with E-state index in [2.05, 4.69) is 15.0 Å². The van der Waals surface area contributed by atoms with Crippen molar-refractivity contribution in [3.63, 3.8) is 0 Å². The molecular formula is C14H12N4O2. The molecule has 4 rings (SSSR count). The molecule has 0 bridgehead atoms. The Hall–Kier alpha value is -2.76. The first-order chi connectivity index (χ1) is 9.79. The molecule has 0 spiro atoms. The van der Waals surface area contributed by atoms with Crippen LogP contribution in [0.5, 0.6) is 11.5 Å². The Bertz CT molecular complexity index is 784. The molecule has 100 valence electrons. The molecule has 0 radical (unpaired) electrons. The fraction of sp³-hybridized carbons (Fsp3) is 0.143. The number of nitrogen functional groups attached to an aromatic ring is 1. The number of hydrogen-bond donors (Lipinski definition) is 2. The number of anilines is 1. The van der Waals surface area contributed by atoms with Gasteiger partial charge in [-0.25, -0.2) is 9.97 Å². The highest BCUT2D eigenvalue weighted by atomic mass is 16.6. The van der Waals surface area contributed by atoms with E-state index in [0.29, 0.717) is 23.9 Å². The molecule has 2 aromatic heterocycles. The molecule has 0 fully saturated rings. The predicted molar refractivity (Wildman–Crippen MR) is 73.6 cm³/mol. The lowest BCUT2D eigenvalue weighted by Gasteiger charge is -2.24. The molecule has 1 aliphatic rings. The maximum absolute atomic E-state index is 5.90. The van der Waals surface area contributed by atoms with E-state index in [1.54, 1.807) is 6.07 Å². The van der Waals surface area contributed by atoms with Gasteiger partial charge in [0, 0.05) is 0 Å². The Balaban J connectivity index is 1.70. The second-order valence-corrected chi connectivity index (χ2v) is 4.59. The van der Waals surface area contributed by atoms with Gasteiger partial charge in [-0.1, -0.05) is 12.1 Å². The monoisotopic (exact) mass is 268 g/mol. The van der Waals surface area contributed by atoms with Crippen LogP contribution in [0.3, 0.4) is 0 Å². The Labute approximate surface area is 114 Å². The number of aromatic amines is 1. The highest BCUT2D eigenvalue weighted by Gasteiger charge is 2.25. The highest BCUT2D eigenvalue weighted by Crippen LogP contribution is 2.35. The summed E-state index contributed by atoms with van der Waals surface area (Å²) in [5.41, 5.74) is 7.07. The zero-order valence-corrected chi connectivity index (χ0v) is 10.5. The van der Waals surface area contributed by atoms with E-state index in [0.717, 1.165) is 17.0 Å². The number of rotatable bonds is 1. The minimum absolute atomic E-state index is 0.277. The van der Waals surface area contributed by atoms with Gasteiger partial charge < -0.3 is 20.2 Å². The van der Waals surface area contributed by atoms with Crippen LogP contribution < -0.4 is 15.2 Å². The molecule has 0 aliphatic carbocycles. The smallest absolute Gasteiger partial charge is 0.190 e. The third-order valence-electron chi connectivity index (χ3n) is 3.20. The van der Waals surface area contributed by atoms with Crippen molar-refractivity contribution in [1.82, 2.24) is 15.0 Å². The molecule has 6 heteroatoms. The number of para-hydroxylation sites is 2. The summed E-state index contributed by atoms with van der Waals surface area (Å²) in [7, 11) is 0. The molecule has 20 heavy (non-hydrogen) atoms. The SMILES string of the molecule is Nc1ccc2[nH]c(C3COc4ccccc4O3)nc2n1. The number of hydrogen-bond acceptors (Lipinski definition) is 5. The van der Waals surface area contributed by atoms with Crippen molar-refractivity contribution < 1.29 is 9.47 Å². The van der Waals surface area contributed by atoms with Crippen molar-refractivity contribution in [2.75, 3.05) is 12.3 Å². The average Bonchev–Trinajstić information content (AvgIpc) is 2.89. The van der Waals surface area contributed by atoms with Crippen molar-refractivity contribution in [3.05, 3.63) is 42.2 Å². The van der Waals surface area contributed by atoms with Crippen LogP contribution in [0.15, 0.2) is 36.4 Å². The number of nitrogens with zero attached hydrogens (tertiary/aromatic N) is 2. The molecule has 1 aromatic carbocycles. The fourth-order valence-electron chi connectivity index (χ4n) is 2.23. The van der Waals surface area contributed by atoms with Gasteiger partial charge in [-0.15, -0.1) is 0 Å². The van der Waals surface area contributed by atoms with Crippen LogP contribution in [-0.4, -0.2) is 21.6 Å². The quantitative estimate of drug-likeness (QED) is 0.705. The second-order valence-electron chi connectivity index (χ2n) is 4.59. The van der Waals surface area contributed by atoms with Gasteiger partial charge in [-0.2, -0.15) is 0 Å². The summed E-state index contributed by atoms with van der Waals surface area (Å²) in [6.45, 7) is 0.409. The predicted octanol–water partition coefficient (Wildman–Crippen LogP) is 2.05. The standard InChI is InChI=1S/C14H12N4O2/c15-12-6-5-8-13(17-12)18-14(16-8)11-7-19-9-3-1-2-4-10(9)20-11/h1-6,11H,7H2,(H3,15,16,17,18). The Kier molecular flexibility index (Phi) is 2.29. The van der Waals surface area contributed by atoms with Gasteiger partial charge in [-0.3, -0.25) is 0 Å². The van der Waals surface area contributed by atoms with Gasteiger partial charge in [0.15, 0.2) is 29.1 Å². The topological polar surface area (TPSA) is 86.1 Å². The molecular weight excluding hydrogens is 256 g/mol. The summed E-state index contributed by atoms with van der Waals surface area (Å²) in [6.07, 6.45) is -0.277. The van der Waals surface area contributed by atoms with E-state index >= 15 is 0 Å². The van der Waals surface area contributed by atoms with Crippen LogP contribution in [0.2, 0.25) is 0 Å². The van der Waals surface area contributed by atoms with E-state index in [-0.39, 0.29) is 6.10 Å². The number of H-pyrrole nitrogens is 1. The molecule has 0 amide bonds. The van der Waals surface area contributed by atoms with Crippen LogP contribution in [0, 0.1) is 0 Å². The molecule has 1 atom stereocenters. The summed E-state index contributed by atoms with van der Waals surface area (Å²) in [5, 5.41) is 0. The van der Waals surface area contributed by atoms with E-state index in [4.69, 9.17) is 15.2 Å². The van der Waals surface area contributed by atoms with Gasteiger partial charge in [0.25, 0.3) is 0 Å². The Morgan fingerprint density at radius 3 is 2.85 bits per heavy atom. The average molecular weight is 268 g/mol. The van der Waals surface area contributed by atoms with Crippen molar-refractivity contribution >= 4 is 17.0 Å². The van der Waals surface area contributed by atoms with E-state index in [1.165, 1.54) is 0 Å². The first-order valence-electron chi connectivity index (χ1n) is 6.30. The third kappa shape index (κ3) is 1.73. The molecule has 3 aromatic rings. The van der Waals surface area contributed by atoms with Crippen LogP contribution in [-0.2, 0) is 0 Å². The minimum atomic E-state index is -0.277. The van der Waals surface area contributed by atoms with Gasteiger partial charge in [-0.05, 0) is 24.3 Å². The molecule has 0 saturated heterocycles. The first kappa shape index (κ1) is 11.1. The number of benzene rings is 1. The number of nitrogens with two attached hydrogens (primary N) is 1. The molecule has 3 N–H and O–H groups in total. The van der Waals surface area contributed by atoms with Crippen molar-refractivity contribution in [3.8, 4) is 11.5 Å². The fourth-order valence-corrected chi connectivity index (χ4v) is 2.23. The number of nitrogens with one attached hydrogen (secondary N) is 1. The zero-order chi connectivity index (χ0) is 13.5. The normalized spacial score (nSPS) is 17.3. The van der Waals surface area contributed by atoms with E-state index < -0.39 is 0 Å². The van der Waals surface area contributed by atoms with Crippen LogP contribution >= 0.6 is 0 Å². The van der Waals surface area contributed by atoms with Crippen molar-refractivity contribution in [2.45, 2.75) is 6.10 Å². The van der Waals surface area contributed by atoms with Crippen molar-refractivity contribution in [1.29, 1.82) is 0 Å². The lowest BCUT2D eigenvalue weighted by Crippen LogP contribution is -2.22. The maximum Gasteiger partial charge on any atom is 0.190 e. The Morgan fingerprint density at radius 2 is 1.95 bits per heavy atom. The summed E-state index contributed by atoms with van der Waals surface area (Å²) in [6, 6.07) is 11.2. The number of pyridine rings is 1. The molecule has 1 aliphatic heterocycles. The number of fused-ring (bicyclic) bond motifs is 2. The first-order valence-corrected chi connectivity index (χ1v) is 6.30. The van der Waals surface area contributed by atoms with Gasteiger partial charge >= 0.3 is 0 Å². The van der Waals surface area contributed by atoms with E-state index in [1.807, 2.05) is 30.3 Å². The van der Waals surface area contributed by atoms with Gasteiger partial charge in [0.2, 0.25) is 0 Å². The lowest BCUT2D eigenvalue weighted by atomic mass is 10.2. The zero-order valence-electron chi connectivity index (χ0n) is 10.5. The molecule has 6 nitrogen and oxygen atoms in total. The summed E-state index contributed by atoms with van der Waals surface area (Å²) < 4.78 is 11.6. The molecule has 3 heterocycles. The highest BCUT2D eigenvalue weighted by molar-refractivity contribution is 5.72. The van der Waals surface area contributed by atoms with E-state index in [9.17, 15) is 0 Å². The van der Waals surface area contributed by atoms with Crippen LogP contribution in [0.4, 0.5) is 5.82 Å². The minimum Gasteiger partial charge on any atom is -0.485 e. The number of ether oxygens (including phenoxy) is 2. The second kappa shape index (κ2) is 4.12. The van der Waals surface area contributed by atoms with Crippen LogP contribution in [0.1, 0.15) is 11.9 Å². The summed E-state index contributed by atoms with van der Waals surface area (Å²) >= 11 is 0. The number of imidazole rings is 1. The molecule has 0 saturated carbocycles.